The fourth-order valence-electron chi connectivity index (χ4n) is 3.13. The molecule has 0 amide bonds. The first kappa shape index (κ1) is 23.9. The Morgan fingerprint density at radius 3 is 2.53 bits per heavy atom. The largest absolute Gasteiger partial charge is 0.492 e. The molecule has 0 unspecified atom stereocenters. The van der Waals surface area contributed by atoms with E-state index in [1.165, 1.54) is 12.3 Å². The predicted molar refractivity (Wildman–Crippen MR) is 133 cm³/mol. The van der Waals surface area contributed by atoms with Crippen molar-refractivity contribution >= 4 is 44.5 Å². The van der Waals surface area contributed by atoms with Crippen LogP contribution in [0.3, 0.4) is 0 Å². The number of ether oxygens (including phenoxy) is 3. The number of hydrogen-bond donors (Lipinski definition) is 0. The number of esters is 1. The second kappa shape index (κ2) is 10.8. The molecule has 3 aromatic carbocycles. The van der Waals surface area contributed by atoms with Crippen molar-refractivity contribution in [1.29, 1.82) is 0 Å². The molecular weight excluding hydrogens is 524 g/mol. The third kappa shape index (κ3) is 5.98. The molecule has 0 bridgehead atoms. The van der Waals surface area contributed by atoms with E-state index in [1.54, 1.807) is 36.4 Å². The molecule has 4 rings (SSSR count). The minimum Gasteiger partial charge on any atom is -0.492 e. The van der Waals surface area contributed by atoms with Crippen LogP contribution in [0.1, 0.15) is 18.4 Å². The lowest BCUT2D eigenvalue weighted by Gasteiger charge is -2.09. The van der Waals surface area contributed by atoms with Gasteiger partial charge in [0.1, 0.15) is 29.1 Å². The van der Waals surface area contributed by atoms with Crippen molar-refractivity contribution in [1.82, 2.24) is 0 Å². The molecule has 4 aromatic rings. The van der Waals surface area contributed by atoms with E-state index in [0.29, 0.717) is 40.5 Å². The van der Waals surface area contributed by atoms with Crippen molar-refractivity contribution in [2.24, 2.45) is 0 Å². The Kier molecular flexibility index (Phi) is 7.55. The summed E-state index contributed by atoms with van der Waals surface area (Å²) in [5, 5.41) is 0.811. The van der Waals surface area contributed by atoms with Gasteiger partial charge in [0.2, 0.25) is 11.2 Å². The number of hydrogen-bond acceptors (Lipinski definition) is 6. The molecule has 0 saturated carbocycles. The van der Waals surface area contributed by atoms with Crippen LogP contribution in [0.4, 0.5) is 0 Å². The second-order valence-corrected chi connectivity index (χ2v) is 8.83. The van der Waals surface area contributed by atoms with Crippen molar-refractivity contribution in [3.8, 4) is 23.0 Å². The Labute approximate surface area is 209 Å². The van der Waals surface area contributed by atoms with E-state index in [1.807, 2.05) is 25.1 Å². The van der Waals surface area contributed by atoms with Crippen LogP contribution >= 0.6 is 27.5 Å². The number of halogens is 2. The molecule has 6 nitrogen and oxygen atoms in total. The molecular formula is C26H20BrClO6. The van der Waals surface area contributed by atoms with Crippen LogP contribution in [0.15, 0.2) is 80.6 Å². The summed E-state index contributed by atoms with van der Waals surface area (Å²) >= 11 is 9.44. The highest BCUT2D eigenvalue weighted by Gasteiger charge is 2.12. The predicted octanol–water partition coefficient (Wildman–Crippen LogP) is 7.07. The molecule has 0 aliphatic carbocycles. The first-order valence-electron chi connectivity index (χ1n) is 10.5. The van der Waals surface area contributed by atoms with E-state index in [0.717, 1.165) is 10.0 Å². The number of benzene rings is 3. The fourth-order valence-corrected chi connectivity index (χ4v) is 3.86. The Hall–Kier alpha value is -3.29. The monoisotopic (exact) mass is 542 g/mol. The highest BCUT2D eigenvalue weighted by Crippen LogP contribution is 2.28. The summed E-state index contributed by atoms with van der Waals surface area (Å²) in [6.45, 7) is 2.28. The van der Waals surface area contributed by atoms with Gasteiger partial charge in [0.05, 0.1) is 17.0 Å². The standard InChI is InChI=1S/C26H20BrClO6/c1-16-4-7-18(8-5-16)33-24-15-32-23-14-19(9-10-20(23)26(24)30)34-25(29)3-2-12-31-22-11-6-17(27)13-21(22)28/h4-11,13-15H,2-3,12H2,1H3. The summed E-state index contributed by atoms with van der Waals surface area (Å²) in [5.74, 6) is 1.02. The number of rotatable bonds is 8. The molecule has 0 atom stereocenters. The Balaban J connectivity index is 1.34. The van der Waals surface area contributed by atoms with Crippen LogP contribution in [0, 0.1) is 6.92 Å². The molecule has 0 fully saturated rings. The Morgan fingerprint density at radius 2 is 1.76 bits per heavy atom. The molecule has 8 heteroatoms. The maximum atomic E-state index is 12.7. The van der Waals surface area contributed by atoms with Gasteiger partial charge in [-0.2, -0.15) is 0 Å². The minimum absolute atomic E-state index is 0.0759. The zero-order valence-electron chi connectivity index (χ0n) is 18.2. The van der Waals surface area contributed by atoms with Crippen LogP contribution in [-0.4, -0.2) is 12.6 Å². The molecule has 0 saturated heterocycles. The van der Waals surface area contributed by atoms with E-state index < -0.39 is 5.97 Å². The summed E-state index contributed by atoms with van der Waals surface area (Å²) in [5.41, 5.74) is 1.06. The smallest absolute Gasteiger partial charge is 0.311 e. The van der Waals surface area contributed by atoms with Gasteiger partial charge in [0.25, 0.3) is 0 Å². The molecule has 0 aliphatic heterocycles. The Bertz CT molecular complexity index is 1380. The lowest BCUT2D eigenvalue weighted by molar-refractivity contribution is -0.134. The minimum atomic E-state index is -0.425. The molecule has 1 heterocycles. The van der Waals surface area contributed by atoms with E-state index >= 15 is 0 Å². The number of carbonyl (C=O) groups is 1. The average molecular weight is 544 g/mol. The lowest BCUT2D eigenvalue weighted by atomic mass is 10.2. The van der Waals surface area contributed by atoms with E-state index in [2.05, 4.69) is 15.9 Å². The van der Waals surface area contributed by atoms with Crippen molar-refractivity contribution in [2.45, 2.75) is 19.8 Å². The molecule has 34 heavy (non-hydrogen) atoms. The molecule has 1 aromatic heterocycles. The number of aryl methyl sites for hydroxylation is 1. The van der Waals surface area contributed by atoms with Gasteiger partial charge in [-0.1, -0.05) is 45.2 Å². The van der Waals surface area contributed by atoms with Gasteiger partial charge in [-0.25, -0.2) is 0 Å². The summed E-state index contributed by atoms with van der Waals surface area (Å²) in [6.07, 6.45) is 1.85. The summed E-state index contributed by atoms with van der Waals surface area (Å²) in [7, 11) is 0. The summed E-state index contributed by atoms with van der Waals surface area (Å²) in [6, 6.07) is 17.2. The molecule has 0 N–H and O–H groups in total. The van der Waals surface area contributed by atoms with Crippen molar-refractivity contribution in [3.05, 3.63) is 92.2 Å². The SMILES string of the molecule is Cc1ccc(Oc2coc3cc(OC(=O)CCCOc4ccc(Br)cc4Cl)ccc3c2=O)cc1. The normalized spacial score (nSPS) is 10.8. The lowest BCUT2D eigenvalue weighted by Crippen LogP contribution is -2.10. The third-order valence-corrected chi connectivity index (χ3v) is 5.66. The van der Waals surface area contributed by atoms with Crippen LogP contribution in [0.25, 0.3) is 11.0 Å². The van der Waals surface area contributed by atoms with Gasteiger partial charge < -0.3 is 18.6 Å². The zero-order chi connectivity index (χ0) is 24.1. The quantitative estimate of drug-likeness (QED) is 0.134. The van der Waals surface area contributed by atoms with Gasteiger partial charge >= 0.3 is 5.97 Å². The number of carbonyl (C=O) groups excluding carboxylic acids is 1. The van der Waals surface area contributed by atoms with Gasteiger partial charge in [-0.15, -0.1) is 0 Å². The summed E-state index contributed by atoms with van der Waals surface area (Å²) in [4.78, 5) is 24.9. The zero-order valence-corrected chi connectivity index (χ0v) is 20.5. The third-order valence-electron chi connectivity index (χ3n) is 4.87. The van der Waals surface area contributed by atoms with E-state index in [9.17, 15) is 9.59 Å². The van der Waals surface area contributed by atoms with Crippen molar-refractivity contribution < 1.29 is 23.4 Å². The number of fused-ring (bicyclic) bond motifs is 1. The van der Waals surface area contributed by atoms with E-state index in [-0.39, 0.29) is 23.3 Å². The highest BCUT2D eigenvalue weighted by atomic mass is 79.9. The van der Waals surface area contributed by atoms with Crippen molar-refractivity contribution in [2.75, 3.05) is 6.61 Å². The molecule has 0 aliphatic rings. The van der Waals surface area contributed by atoms with E-state index in [4.69, 9.17) is 30.2 Å². The maximum Gasteiger partial charge on any atom is 0.311 e. The average Bonchev–Trinajstić information content (AvgIpc) is 2.81. The van der Waals surface area contributed by atoms with Crippen LogP contribution in [0.5, 0.6) is 23.0 Å². The second-order valence-electron chi connectivity index (χ2n) is 7.50. The fraction of sp³-hybridized carbons (Fsp3) is 0.154. The molecule has 174 valence electrons. The molecule has 0 spiro atoms. The van der Waals surface area contributed by atoms with Crippen LogP contribution in [-0.2, 0) is 4.79 Å². The first-order valence-corrected chi connectivity index (χ1v) is 11.6. The highest BCUT2D eigenvalue weighted by molar-refractivity contribution is 9.10. The van der Waals surface area contributed by atoms with Crippen molar-refractivity contribution in [3.63, 3.8) is 0 Å². The maximum absolute atomic E-state index is 12.7. The summed E-state index contributed by atoms with van der Waals surface area (Å²) < 4.78 is 23.0. The van der Waals surface area contributed by atoms with Crippen LogP contribution in [0.2, 0.25) is 5.02 Å². The molecule has 0 radical (unpaired) electrons. The first-order chi connectivity index (χ1) is 16.4. The van der Waals surface area contributed by atoms with Gasteiger partial charge in [0.15, 0.2) is 0 Å². The Morgan fingerprint density at radius 1 is 1.00 bits per heavy atom. The van der Waals surface area contributed by atoms with Gasteiger partial charge in [0, 0.05) is 17.0 Å². The van der Waals surface area contributed by atoms with Crippen LogP contribution < -0.4 is 19.6 Å². The van der Waals surface area contributed by atoms with Gasteiger partial charge in [-0.3, -0.25) is 9.59 Å². The van der Waals surface area contributed by atoms with Gasteiger partial charge in [-0.05, 0) is 55.8 Å². The topological polar surface area (TPSA) is 75.0 Å².